The molecule has 0 bridgehead atoms. The lowest BCUT2D eigenvalue weighted by Gasteiger charge is -2.29. The van der Waals surface area contributed by atoms with Crippen LogP contribution < -0.4 is 4.90 Å². The smallest absolute Gasteiger partial charge is 0.244 e. The molecule has 1 aliphatic heterocycles. The molecule has 0 aromatic heterocycles. The van der Waals surface area contributed by atoms with Crippen molar-refractivity contribution in [1.29, 1.82) is 0 Å². The van der Waals surface area contributed by atoms with E-state index < -0.39 is 10.0 Å². The lowest BCUT2D eigenvalue weighted by atomic mass is 10.1. The molecule has 0 atom stereocenters. The van der Waals surface area contributed by atoms with Gasteiger partial charge in [0, 0.05) is 5.39 Å². The second kappa shape index (κ2) is 5.16. The summed E-state index contributed by atoms with van der Waals surface area (Å²) in [6.07, 6.45) is 0. The molecule has 0 radical (unpaired) electrons. The Morgan fingerprint density at radius 1 is 1.00 bits per heavy atom. The molecule has 5 heteroatoms. The second-order valence-electron chi connectivity index (χ2n) is 5.34. The van der Waals surface area contributed by atoms with Crippen LogP contribution in [0.3, 0.4) is 0 Å². The van der Waals surface area contributed by atoms with Gasteiger partial charge in [0.05, 0.1) is 38.1 Å². The molecule has 0 aliphatic carbocycles. The first-order chi connectivity index (χ1) is 9.59. The maximum atomic E-state index is 12.8. The number of benzene rings is 2. The Balaban J connectivity index is 2.05. The van der Waals surface area contributed by atoms with Gasteiger partial charge in [-0.3, -0.25) is 0 Å². The number of nitrogens with zero attached hydrogens (tertiary/aromatic N) is 1. The Morgan fingerprint density at radius 3 is 2.40 bits per heavy atom. The molecule has 1 saturated heterocycles. The minimum atomic E-state index is -3.39. The number of hydrogen-bond donors (Lipinski definition) is 1. The van der Waals surface area contributed by atoms with Crippen LogP contribution in [0.5, 0.6) is 0 Å². The fourth-order valence-electron chi connectivity index (χ4n) is 2.67. The van der Waals surface area contributed by atoms with Crippen LogP contribution in [0.15, 0.2) is 47.4 Å². The minimum Gasteiger partial charge on any atom is -0.335 e. The van der Waals surface area contributed by atoms with Crippen LogP contribution in [-0.2, 0) is 10.0 Å². The SMILES string of the molecule is C[NH+]1CCN(S(=O)(=O)c2cccc3ccccc23)CC1. The third-order valence-electron chi connectivity index (χ3n) is 3.94. The lowest BCUT2D eigenvalue weighted by molar-refractivity contribution is -0.883. The first kappa shape index (κ1) is 13.5. The van der Waals surface area contributed by atoms with Crippen molar-refractivity contribution in [2.24, 2.45) is 0 Å². The van der Waals surface area contributed by atoms with Gasteiger partial charge in [0.15, 0.2) is 0 Å². The normalized spacial score (nSPS) is 18.4. The third kappa shape index (κ3) is 2.32. The molecule has 20 heavy (non-hydrogen) atoms. The Morgan fingerprint density at radius 2 is 1.65 bits per heavy atom. The van der Waals surface area contributed by atoms with Crippen LogP contribution in [0.4, 0.5) is 0 Å². The fourth-order valence-corrected chi connectivity index (χ4v) is 4.32. The molecule has 3 rings (SSSR count). The molecule has 1 aliphatic rings. The Kier molecular flexibility index (Phi) is 3.50. The summed E-state index contributed by atoms with van der Waals surface area (Å²) in [4.78, 5) is 1.81. The van der Waals surface area contributed by atoms with Gasteiger partial charge in [-0.25, -0.2) is 8.42 Å². The second-order valence-corrected chi connectivity index (χ2v) is 7.24. The minimum absolute atomic E-state index is 0.426. The van der Waals surface area contributed by atoms with E-state index in [1.807, 2.05) is 36.4 Å². The summed E-state index contributed by atoms with van der Waals surface area (Å²) in [6, 6.07) is 13.1. The van der Waals surface area contributed by atoms with Crippen molar-refractivity contribution in [3.8, 4) is 0 Å². The summed E-state index contributed by atoms with van der Waals surface area (Å²) in [6.45, 7) is 2.92. The summed E-state index contributed by atoms with van der Waals surface area (Å²) in [7, 11) is -1.29. The van der Waals surface area contributed by atoms with Crippen molar-refractivity contribution in [2.75, 3.05) is 33.2 Å². The average Bonchev–Trinajstić information content (AvgIpc) is 2.47. The zero-order chi connectivity index (χ0) is 14.2. The van der Waals surface area contributed by atoms with Crippen LogP contribution in [0.1, 0.15) is 0 Å². The quantitative estimate of drug-likeness (QED) is 0.868. The maximum absolute atomic E-state index is 12.8. The maximum Gasteiger partial charge on any atom is 0.244 e. The van der Waals surface area contributed by atoms with E-state index in [0.717, 1.165) is 23.9 Å². The van der Waals surface area contributed by atoms with Gasteiger partial charge in [0.1, 0.15) is 0 Å². The molecular weight excluding hydrogens is 272 g/mol. The van der Waals surface area contributed by atoms with Gasteiger partial charge in [-0.15, -0.1) is 0 Å². The zero-order valence-corrected chi connectivity index (χ0v) is 12.4. The van der Waals surface area contributed by atoms with Crippen LogP contribution in [-0.4, -0.2) is 45.9 Å². The molecule has 106 valence electrons. The largest absolute Gasteiger partial charge is 0.335 e. The highest BCUT2D eigenvalue weighted by Gasteiger charge is 2.30. The van der Waals surface area contributed by atoms with Gasteiger partial charge in [-0.1, -0.05) is 36.4 Å². The van der Waals surface area contributed by atoms with Crippen LogP contribution in [0.25, 0.3) is 10.8 Å². The van der Waals surface area contributed by atoms with Crippen LogP contribution in [0, 0.1) is 0 Å². The zero-order valence-electron chi connectivity index (χ0n) is 11.5. The molecule has 0 spiro atoms. The van der Waals surface area contributed by atoms with Gasteiger partial charge in [-0.2, -0.15) is 4.31 Å². The Hall–Kier alpha value is -1.43. The molecular formula is C15H19N2O2S+. The molecule has 0 unspecified atom stereocenters. The molecule has 0 amide bonds. The first-order valence-corrected chi connectivity index (χ1v) is 8.32. The van der Waals surface area contributed by atoms with Crippen molar-refractivity contribution in [3.05, 3.63) is 42.5 Å². The van der Waals surface area contributed by atoms with E-state index in [4.69, 9.17) is 0 Å². The summed E-state index contributed by atoms with van der Waals surface area (Å²) in [5, 5.41) is 1.77. The summed E-state index contributed by atoms with van der Waals surface area (Å²) in [5.74, 6) is 0. The highest BCUT2D eigenvalue weighted by atomic mass is 32.2. The molecule has 4 nitrogen and oxygen atoms in total. The van der Waals surface area contributed by atoms with E-state index in [2.05, 4.69) is 7.05 Å². The number of hydrogen-bond acceptors (Lipinski definition) is 2. The number of piperazine rings is 1. The van der Waals surface area contributed by atoms with E-state index in [9.17, 15) is 8.42 Å². The average molecular weight is 291 g/mol. The summed E-state index contributed by atoms with van der Waals surface area (Å²) >= 11 is 0. The standard InChI is InChI=1S/C15H18N2O2S/c1-16-9-11-17(12-10-16)20(18,19)15-8-4-6-13-5-2-3-7-14(13)15/h2-8H,9-12H2,1H3/p+1. The molecule has 1 fully saturated rings. The van der Waals surface area contributed by atoms with E-state index in [-0.39, 0.29) is 0 Å². The van der Waals surface area contributed by atoms with Gasteiger partial charge in [0.2, 0.25) is 10.0 Å². The van der Waals surface area contributed by atoms with Crippen molar-refractivity contribution in [1.82, 2.24) is 4.31 Å². The highest BCUT2D eigenvalue weighted by molar-refractivity contribution is 7.89. The monoisotopic (exact) mass is 291 g/mol. The van der Waals surface area contributed by atoms with Crippen molar-refractivity contribution in [2.45, 2.75) is 4.90 Å². The van der Waals surface area contributed by atoms with Crippen molar-refractivity contribution >= 4 is 20.8 Å². The number of rotatable bonds is 2. The van der Waals surface area contributed by atoms with Crippen molar-refractivity contribution < 1.29 is 13.3 Å². The van der Waals surface area contributed by atoms with Gasteiger partial charge in [0.25, 0.3) is 0 Å². The van der Waals surface area contributed by atoms with E-state index in [0.29, 0.717) is 18.0 Å². The number of fused-ring (bicyclic) bond motifs is 1. The summed E-state index contributed by atoms with van der Waals surface area (Å²) in [5.41, 5.74) is 0. The molecule has 2 aromatic rings. The lowest BCUT2D eigenvalue weighted by Crippen LogP contribution is -3.12. The van der Waals surface area contributed by atoms with E-state index >= 15 is 0 Å². The molecule has 1 N–H and O–H groups in total. The highest BCUT2D eigenvalue weighted by Crippen LogP contribution is 2.25. The van der Waals surface area contributed by atoms with Crippen molar-refractivity contribution in [3.63, 3.8) is 0 Å². The molecule has 1 heterocycles. The predicted molar refractivity (Wildman–Crippen MR) is 79.3 cm³/mol. The number of sulfonamides is 1. The topological polar surface area (TPSA) is 41.8 Å². The molecule has 0 saturated carbocycles. The number of quaternary nitrogens is 1. The summed E-state index contributed by atoms with van der Waals surface area (Å²) < 4.78 is 27.3. The van der Waals surface area contributed by atoms with E-state index in [1.54, 1.807) is 10.4 Å². The fraction of sp³-hybridized carbons (Fsp3) is 0.333. The Labute approximate surface area is 119 Å². The third-order valence-corrected chi connectivity index (χ3v) is 5.90. The Bertz CT molecular complexity index is 714. The van der Waals surface area contributed by atoms with Gasteiger partial charge in [-0.05, 0) is 11.5 Å². The van der Waals surface area contributed by atoms with Crippen LogP contribution in [0.2, 0.25) is 0 Å². The van der Waals surface area contributed by atoms with Gasteiger partial charge >= 0.3 is 0 Å². The van der Waals surface area contributed by atoms with Crippen LogP contribution >= 0.6 is 0 Å². The van der Waals surface area contributed by atoms with Gasteiger partial charge < -0.3 is 4.90 Å². The number of likely N-dealkylation sites (N-methyl/N-ethyl adjacent to an activating group) is 1. The number of nitrogens with one attached hydrogen (secondary N) is 1. The van der Waals surface area contributed by atoms with E-state index in [1.165, 1.54) is 4.90 Å². The first-order valence-electron chi connectivity index (χ1n) is 6.88. The molecule has 2 aromatic carbocycles. The predicted octanol–water partition coefficient (Wildman–Crippen LogP) is 0.359.